The Kier molecular flexibility index (Phi) is 5.98. The van der Waals surface area contributed by atoms with Crippen molar-refractivity contribution in [3.8, 4) is 0 Å². The number of allylic oxidation sites excluding steroid dienone is 2. The summed E-state index contributed by atoms with van der Waals surface area (Å²) in [6, 6.07) is 6.79. The fraction of sp³-hybridized carbons (Fsp3) is 0.333. The number of aryl methyl sites for hydroxylation is 1. The number of benzene rings is 1. The molecule has 0 aromatic heterocycles. The van der Waals surface area contributed by atoms with Gasteiger partial charge in [0, 0.05) is 11.3 Å². The second kappa shape index (κ2) is 7.54. The van der Waals surface area contributed by atoms with Crippen LogP contribution in [0, 0.1) is 11.2 Å². The third kappa shape index (κ3) is 4.62. The number of nitrogens with one attached hydrogen (secondary N) is 1. The number of unbranched alkanes of at least 4 members (excludes halogenated alkanes) is 2. The fourth-order valence-corrected chi connectivity index (χ4v) is 1.71. The Morgan fingerprint density at radius 2 is 2.06 bits per heavy atom. The molecular weight excluding hydrogens is 229 g/mol. The van der Waals surface area contributed by atoms with Gasteiger partial charge in [-0.05, 0) is 44.2 Å². The van der Waals surface area contributed by atoms with E-state index in [4.69, 9.17) is 5.41 Å². The normalized spacial score (nSPS) is 11.3. The quantitative estimate of drug-likeness (QED) is 0.339. The number of carbonyl (C=O) groups is 1. The minimum Gasteiger partial charge on any atom is -0.305 e. The van der Waals surface area contributed by atoms with Gasteiger partial charge in [0.25, 0.3) is 0 Å². The maximum absolute atomic E-state index is 13.3. The Labute approximate surface area is 107 Å². The number of aldehydes is 1. The molecule has 0 unspecified atom stereocenters. The molecule has 0 radical (unpaired) electrons. The second-order valence-corrected chi connectivity index (χ2v) is 4.24. The van der Waals surface area contributed by atoms with Crippen LogP contribution in [0.2, 0.25) is 0 Å². The van der Waals surface area contributed by atoms with Crippen molar-refractivity contribution in [2.75, 3.05) is 0 Å². The standard InChI is InChI=1S/C15H18FNO/c1-12(17)14(11-18)9-4-2-3-7-13-8-5-6-10-15(13)16/h5-6,8-11,17H,2-4,7H2,1H3/b14-9-,17-12?. The maximum atomic E-state index is 13.3. The van der Waals surface area contributed by atoms with Crippen molar-refractivity contribution < 1.29 is 9.18 Å². The van der Waals surface area contributed by atoms with Gasteiger partial charge in [0.1, 0.15) is 5.82 Å². The zero-order valence-electron chi connectivity index (χ0n) is 10.6. The second-order valence-electron chi connectivity index (χ2n) is 4.24. The van der Waals surface area contributed by atoms with E-state index < -0.39 is 0 Å². The van der Waals surface area contributed by atoms with Crippen molar-refractivity contribution in [2.45, 2.75) is 32.6 Å². The molecule has 96 valence electrons. The molecule has 0 amide bonds. The lowest BCUT2D eigenvalue weighted by Crippen LogP contribution is -1.96. The average Bonchev–Trinajstić information content (AvgIpc) is 2.35. The molecule has 0 aliphatic rings. The predicted octanol–water partition coefficient (Wildman–Crippen LogP) is 3.70. The number of hydrogen-bond donors (Lipinski definition) is 1. The van der Waals surface area contributed by atoms with Crippen LogP contribution in [-0.2, 0) is 11.2 Å². The van der Waals surface area contributed by atoms with Gasteiger partial charge in [0.15, 0.2) is 6.29 Å². The molecule has 0 atom stereocenters. The lowest BCUT2D eigenvalue weighted by atomic mass is 10.1. The van der Waals surface area contributed by atoms with Gasteiger partial charge < -0.3 is 5.41 Å². The molecule has 0 fully saturated rings. The van der Waals surface area contributed by atoms with E-state index in [0.717, 1.165) is 24.8 Å². The molecule has 18 heavy (non-hydrogen) atoms. The number of hydrogen-bond acceptors (Lipinski definition) is 2. The summed E-state index contributed by atoms with van der Waals surface area (Å²) in [5, 5.41) is 7.35. The minimum absolute atomic E-state index is 0.156. The van der Waals surface area contributed by atoms with Crippen LogP contribution in [0.25, 0.3) is 0 Å². The van der Waals surface area contributed by atoms with E-state index >= 15 is 0 Å². The van der Waals surface area contributed by atoms with Crippen molar-refractivity contribution in [3.63, 3.8) is 0 Å². The topological polar surface area (TPSA) is 40.9 Å². The van der Waals surface area contributed by atoms with Crippen molar-refractivity contribution in [3.05, 3.63) is 47.3 Å². The van der Waals surface area contributed by atoms with E-state index in [2.05, 4.69) is 0 Å². The van der Waals surface area contributed by atoms with E-state index in [1.165, 1.54) is 6.07 Å². The van der Waals surface area contributed by atoms with E-state index in [1.54, 1.807) is 25.1 Å². The highest BCUT2D eigenvalue weighted by atomic mass is 19.1. The summed E-state index contributed by atoms with van der Waals surface area (Å²) in [5.74, 6) is -0.156. The van der Waals surface area contributed by atoms with Gasteiger partial charge in [-0.3, -0.25) is 4.79 Å². The van der Waals surface area contributed by atoms with E-state index in [9.17, 15) is 9.18 Å². The summed E-state index contributed by atoms with van der Waals surface area (Å²) < 4.78 is 13.3. The lowest BCUT2D eigenvalue weighted by Gasteiger charge is -2.02. The molecule has 2 nitrogen and oxygen atoms in total. The summed E-state index contributed by atoms with van der Waals surface area (Å²) in [6.07, 6.45) is 5.70. The van der Waals surface area contributed by atoms with Crippen LogP contribution in [0.5, 0.6) is 0 Å². The minimum atomic E-state index is -0.156. The number of halogens is 1. The third-order valence-corrected chi connectivity index (χ3v) is 2.78. The van der Waals surface area contributed by atoms with Gasteiger partial charge in [-0.15, -0.1) is 0 Å². The first-order valence-electron chi connectivity index (χ1n) is 6.09. The molecule has 0 saturated heterocycles. The van der Waals surface area contributed by atoms with Gasteiger partial charge in [-0.2, -0.15) is 0 Å². The monoisotopic (exact) mass is 247 g/mol. The molecule has 1 rings (SSSR count). The molecular formula is C15H18FNO. The van der Waals surface area contributed by atoms with E-state index in [-0.39, 0.29) is 5.82 Å². The Hall–Kier alpha value is -1.77. The van der Waals surface area contributed by atoms with Gasteiger partial charge in [-0.25, -0.2) is 4.39 Å². The van der Waals surface area contributed by atoms with Crippen LogP contribution in [0.4, 0.5) is 4.39 Å². The van der Waals surface area contributed by atoms with Crippen molar-refractivity contribution in [1.29, 1.82) is 5.41 Å². The maximum Gasteiger partial charge on any atom is 0.151 e. The molecule has 0 aliphatic carbocycles. The summed E-state index contributed by atoms with van der Waals surface area (Å²) in [4.78, 5) is 10.6. The molecule has 3 heteroatoms. The molecule has 0 heterocycles. The largest absolute Gasteiger partial charge is 0.305 e. The molecule has 0 spiro atoms. The first-order chi connectivity index (χ1) is 8.65. The van der Waals surface area contributed by atoms with Crippen LogP contribution in [0.3, 0.4) is 0 Å². The molecule has 0 bridgehead atoms. The third-order valence-electron chi connectivity index (χ3n) is 2.78. The number of carbonyl (C=O) groups excluding carboxylic acids is 1. The van der Waals surface area contributed by atoms with Crippen LogP contribution in [0.1, 0.15) is 31.7 Å². The van der Waals surface area contributed by atoms with Crippen molar-refractivity contribution >= 4 is 12.0 Å². The summed E-state index contributed by atoms with van der Waals surface area (Å²) in [6.45, 7) is 1.60. The van der Waals surface area contributed by atoms with Crippen molar-refractivity contribution in [2.24, 2.45) is 0 Å². The Morgan fingerprint density at radius 3 is 2.67 bits per heavy atom. The summed E-state index contributed by atoms with van der Waals surface area (Å²) in [5.41, 5.74) is 1.47. The van der Waals surface area contributed by atoms with Crippen LogP contribution < -0.4 is 0 Å². The van der Waals surface area contributed by atoms with Crippen LogP contribution in [-0.4, -0.2) is 12.0 Å². The molecule has 1 N–H and O–H groups in total. The number of rotatable bonds is 7. The SMILES string of the molecule is CC(=N)/C(C=O)=C\CCCCc1ccccc1F. The van der Waals surface area contributed by atoms with Gasteiger partial charge in [0.05, 0.1) is 0 Å². The molecule has 0 saturated carbocycles. The van der Waals surface area contributed by atoms with E-state index in [1.807, 2.05) is 6.07 Å². The zero-order valence-corrected chi connectivity index (χ0v) is 10.6. The van der Waals surface area contributed by atoms with Crippen LogP contribution in [0.15, 0.2) is 35.9 Å². The Morgan fingerprint density at radius 1 is 1.33 bits per heavy atom. The highest BCUT2D eigenvalue weighted by Crippen LogP contribution is 2.11. The molecule has 0 aliphatic heterocycles. The Bertz CT molecular complexity index is 452. The summed E-state index contributed by atoms with van der Waals surface area (Å²) in [7, 11) is 0. The van der Waals surface area contributed by atoms with E-state index in [0.29, 0.717) is 24.0 Å². The highest BCUT2D eigenvalue weighted by molar-refractivity contribution is 6.11. The fourth-order valence-electron chi connectivity index (χ4n) is 1.71. The zero-order chi connectivity index (χ0) is 13.4. The molecule has 1 aromatic rings. The molecule has 1 aromatic carbocycles. The highest BCUT2D eigenvalue weighted by Gasteiger charge is 2.00. The first kappa shape index (κ1) is 14.3. The Balaban J connectivity index is 2.34. The van der Waals surface area contributed by atoms with Gasteiger partial charge in [0.2, 0.25) is 0 Å². The predicted molar refractivity (Wildman–Crippen MR) is 71.5 cm³/mol. The van der Waals surface area contributed by atoms with Crippen LogP contribution >= 0.6 is 0 Å². The van der Waals surface area contributed by atoms with Gasteiger partial charge >= 0.3 is 0 Å². The average molecular weight is 247 g/mol. The first-order valence-corrected chi connectivity index (χ1v) is 6.09. The summed E-state index contributed by atoms with van der Waals surface area (Å²) >= 11 is 0. The van der Waals surface area contributed by atoms with Crippen molar-refractivity contribution in [1.82, 2.24) is 0 Å². The smallest absolute Gasteiger partial charge is 0.151 e. The lowest BCUT2D eigenvalue weighted by molar-refractivity contribution is -0.104. The van der Waals surface area contributed by atoms with Gasteiger partial charge in [-0.1, -0.05) is 24.3 Å².